The monoisotopic (exact) mass is 263 g/mol. The molecule has 0 unspecified atom stereocenters. The Morgan fingerprint density at radius 2 is 2.22 bits per heavy atom. The van der Waals surface area contributed by atoms with E-state index >= 15 is 0 Å². The van der Waals surface area contributed by atoms with Crippen LogP contribution in [0.3, 0.4) is 0 Å². The van der Waals surface area contributed by atoms with Crippen molar-refractivity contribution in [2.45, 2.75) is 6.54 Å². The van der Waals surface area contributed by atoms with E-state index in [0.29, 0.717) is 5.56 Å². The molecule has 1 amide bonds. The minimum atomic E-state index is -0.994. The second-order valence-corrected chi connectivity index (χ2v) is 4.04. The molecule has 0 fully saturated rings. The van der Waals surface area contributed by atoms with Gasteiger partial charge in [-0.25, -0.2) is 4.79 Å². The Labute approximate surface area is 107 Å². The molecule has 2 rings (SSSR count). The molecule has 0 aliphatic carbocycles. The lowest BCUT2D eigenvalue weighted by Crippen LogP contribution is -2.23. The average Bonchev–Trinajstić information content (AvgIpc) is 2.90. The van der Waals surface area contributed by atoms with Crippen LogP contribution < -0.4 is 5.32 Å². The Morgan fingerprint density at radius 3 is 2.89 bits per heavy atom. The highest BCUT2D eigenvalue weighted by molar-refractivity contribution is 6.99. The number of nitrogens with one attached hydrogen (secondary N) is 1. The zero-order chi connectivity index (χ0) is 13.0. The molecule has 92 valence electrons. The number of carbonyl (C=O) groups is 2. The summed E-state index contributed by atoms with van der Waals surface area (Å²) < 4.78 is 7.53. The normalized spacial score (nSPS) is 10.0. The molecule has 1 aromatic carbocycles. The fourth-order valence-corrected chi connectivity index (χ4v) is 1.76. The third-order valence-electron chi connectivity index (χ3n) is 2.22. The summed E-state index contributed by atoms with van der Waals surface area (Å²) in [6.45, 7) is 0.247. The van der Waals surface area contributed by atoms with Gasteiger partial charge in [-0.05, 0) is 17.7 Å². The first-order valence-electron chi connectivity index (χ1n) is 5.05. The predicted molar refractivity (Wildman–Crippen MR) is 64.5 cm³/mol. The van der Waals surface area contributed by atoms with E-state index in [1.807, 2.05) is 0 Å². The number of carboxylic acid groups (broad SMARTS) is 1. The fourth-order valence-electron chi connectivity index (χ4n) is 1.35. The highest BCUT2D eigenvalue weighted by atomic mass is 32.1. The van der Waals surface area contributed by atoms with Crippen LogP contribution in [-0.4, -0.2) is 25.7 Å². The van der Waals surface area contributed by atoms with Gasteiger partial charge in [0.2, 0.25) is 0 Å². The Bertz CT molecular complexity index is 569. The van der Waals surface area contributed by atoms with E-state index in [2.05, 4.69) is 14.1 Å². The lowest BCUT2D eigenvalue weighted by Gasteiger charge is -2.04. The molecule has 1 heterocycles. The minimum absolute atomic E-state index is 0.192. The maximum atomic E-state index is 11.6. The summed E-state index contributed by atoms with van der Waals surface area (Å²) in [5.41, 5.74) is 1.16. The van der Waals surface area contributed by atoms with Crippen LogP contribution in [0, 0.1) is 0 Å². The Morgan fingerprint density at radius 1 is 1.39 bits per heavy atom. The number of benzene rings is 1. The molecule has 0 radical (unpaired) electrons. The number of hydrogen-bond donors (Lipinski definition) is 2. The zero-order valence-electron chi connectivity index (χ0n) is 9.16. The van der Waals surface area contributed by atoms with E-state index in [4.69, 9.17) is 5.11 Å². The maximum Gasteiger partial charge on any atom is 0.335 e. The Hall–Kier alpha value is -2.28. The SMILES string of the molecule is O=C(O)c1cccc(CNC(=O)c2cnsn2)c1. The van der Waals surface area contributed by atoms with Crippen molar-refractivity contribution in [3.8, 4) is 0 Å². The molecule has 18 heavy (non-hydrogen) atoms. The number of hydrogen-bond acceptors (Lipinski definition) is 5. The van der Waals surface area contributed by atoms with Gasteiger partial charge in [-0.2, -0.15) is 8.75 Å². The van der Waals surface area contributed by atoms with Gasteiger partial charge < -0.3 is 10.4 Å². The average molecular weight is 263 g/mol. The largest absolute Gasteiger partial charge is 0.478 e. The number of nitrogens with zero attached hydrogens (tertiary/aromatic N) is 2. The van der Waals surface area contributed by atoms with E-state index in [9.17, 15) is 9.59 Å². The van der Waals surface area contributed by atoms with Gasteiger partial charge in [-0.1, -0.05) is 12.1 Å². The van der Waals surface area contributed by atoms with Crippen molar-refractivity contribution in [1.82, 2.24) is 14.1 Å². The molecule has 0 aliphatic heterocycles. The van der Waals surface area contributed by atoms with Crippen LogP contribution in [0.4, 0.5) is 0 Å². The van der Waals surface area contributed by atoms with E-state index in [-0.39, 0.29) is 23.7 Å². The summed E-state index contributed by atoms with van der Waals surface area (Å²) in [4.78, 5) is 22.3. The minimum Gasteiger partial charge on any atom is -0.478 e. The molecule has 2 N–H and O–H groups in total. The lowest BCUT2D eigenvalue weighted by molar-refractivity contribution is 0.0696. The molecule has 6 nitrogen and oxygen atoms in total. The first-order chi connectivity index (χ1) is 8.66. The molecule has 1 aromatic heterocycles. The van der Waals surface area contributed by atoms with E-state index in [0.717, 1.165) is 11.7 Å². The van der Waals surface area contributed by atoms with Crippen molar-refractivity contribution < 1.29 is 14.7 Å². The summed E-state index contributed by atoms with van der Waals surface area (Å²) in [5, 5.41) is 11.5. The quantitative estimate of drug-likeness (QED) is 0.863. The van der Waals surface area contributed by atoms with Gasteiger partial charge in [-0.15, -0.1) is 0 Å². The molecule has 0 spiro atoms. The van der Waals surface area contributed by atoms with Crippen LogP contribution >= 0.6 is 11.7 Å². The van der Waals surface area contributed by atoms with Crippen molar-refractivity contribution in [2.24, 2.45) is 0 Å². The molecule has 7 heteroatoms. The zero-order valence-corrected chi connectivity index (χ0v) is 9.98. The number of amides is 1. The topological polar surface area (TPSA) is 92.2 Å². The molecule has 0 aliphatic rings. The van der Waals surface area contributed by atoms with Crippen LogP contribution in [-0.2, 0) is 6.54 Å². The van der Waals surface area contributed by atoms with Crippen molar-refractivity contribution >= 4 is 23.6 Å². The van der Waals surface area contributed by atoms with Gasteiger partial charge in [0.15, 0.2) is 5.69 Å². The van der Waals surface area contributed by atoms with Crippen LogP contribution in [0.25, 0.3) is 0 Å². The summed E-state index contributed by atoms with van der Waals surface area (Å²) in [5.74, 6) is -1.32. The van der Waals surface area contributed by atoms with Crippen molar-refractivity contribution in [3.63, 3.8) is 0 Å². The van der Waals surface area contributed by atoms with E-state index < -0.39 is 5.97 Å². The molecule has 0 atom stereocenters. The predicted octanol–water partition coefficient (Wildman–Crippen LogP) is 1.17. The highest BCUT2D eigenvalue weighted by Gasteiger charge is 2.08. The van der Waals surface area contributed by atoms with Gasteiger partial charge in [0.1, 0.15) is 0 Å². The molecular formula is C11H9N3O3S. The molecule has 2 aromatic rings. The highest BCUT2D eigenvalue weighted by Crippen LogP contribution is 2.05. The number of rotatable bonds is 4. The summed E-state index contributed by atoms with van der Waals surface area (Å²) >= 11 is 0.957. The Balaban J connectivity index is 2.00. The number of aromatic nitrogens is 2. The molecule has 0 saturated heterocycles. The first kappa shape index (κ1) is 12.2. The third-order valence-corrected chi connectivity index (χ3v) is 2.70. The number of carbonyl (C=O) groups excluding carboxylic acids is 1. The van der Waals surface area contributed by atoms with Crippen LogP contribution in [0.1, 0.15) is 26.4 Å². The summed E-state index contributed by atoms with van der Waals surface area (Å²) in [6.07, 6.45) is 1.38. The smallest absolute Gasteiger partial charge is 0.335 e. The van der Waals surface area contributed by atoms with Crippen molar-refractivity contribution in [1.29, 1.82) is 0 Å². The van der Waals surface area contributed by atoms with Gasteiger partial charge in [0.05, 0.1) is 23.5 Å². The Kier molecular flexibility index (Phi) is 3.63. The summed E-state index contributed by atoms with van der Waals surface area (Å²) in [7, 11) is 0. The molecule has 0 saturated carbocycles. The van der Waals surface area contributed by atoms with Gasteiger partial charge in [0.25, 0.3) is 5.91 Å². The van der Waals surface area contributed by atoms with Gasteiger partial charge in [0, 0.05) is 6.54 Å². The molecule has 0 bridgehead atoms. The second-order valence-electron chi connectivity index (χ2n) is 3.48. The van der Waals surface area contributed by atoms with E-state index in [1.165, 1.54) is 18.3 Å². The van der Waals surface area contributed by atoms with Crippen LogP contribution in [0.2, 0.25) is 0 Å². The maximum absolute atomic E-state index is 11.6. The standard InChI is InChI=1S/C11H9N3O3S/c15-10(9-6-13-18-14-9)12-5-7-2-1-3-8(4-7)11(16)17/h1-4,6H,5H2,(H,12,15)(H,16,17). The third kappa shape index (κ3) is 2.89. The van der Waals surface area contributed by atoms with Crippen molar-refractivity contribution in [2.75, 3.05) is 0 Å². The number of carboxylic acids is 1. The second kappa shape index (κ2) is 5.37. The summed E-state index contributed by atoms with van der Waals surface area (Å²) in [6, 6.07) is 6.39. The van der Waals surface area contributed by atoms with Crippen LogP contribution in [0.5, 0.6) is 0 Å². The lowest BCUT2D eigenvalue weighted by atomic mass is 10.1. The molecular weight excluding hydrogens is 254 g/mol. The van der Waals surface area contributed by atoms with Crippen molar-refractivity contribution in [3.05, 3.63) is 47.3 Å². The van der Waals surface area contributed by atoms with Gasteiger partial charge in [-0.3, -0.25) is 4.79 Å². The first-order valence-corrected chi connectivity index (χ1v) is 5.78. The number of aromatic carboxylic acids is 1. The van der Waals surface area contributed by atoms with E-state index in [1.54, 1.807) is 12.1 Å². The van der Waals surface area contributed by atoms with Crippen LogP contribution in [0.15, 0.2) is 30.5 Å². The fraction of sp³-hybridized carbons (Fsp3) is 0.0909. The van der Waals surface area contributed by atoms with Gasteiger partial charge >= 0.3 is 5.97 Å².